The Bertz CT molecular complexity index is 1850. The molecule has 1 heterocycles. The van der Waals surface area contributed by atoms with E-state index in [0.29, 0.717) is 5.92 Å². The van der Waals surface area contributed by atoms with Crippen LogP contribution in [0.5, 0.6) is 0 Å². The van der Waals surface area contributed by atoms with Crippen LogP contribution in [0, 0.1) is 0 Å². The largest absolute Gasteiger partial charge is 0.313 e. The van der Waals surface area contributed by atoms with E-state index in [1.54, 1.807) is 0 Å². The Labute approximate surface area is 236 Å². The molecule has 1 nitrogen and oxygen atoms in total. The summed E-state index contributed by atoms with van der Waals surface area (Å²) in [7, 11) is 0. The van der Waals surface area contributed by atoms with Gasteiger partial charge in [0.05, 0.1) is 5.69 Å². The van der Waals surface area contributed by atoms with Gasteiger partial charge in [-0.2, -0.15) is 0 Å². The third-order valence-electron chi connectivity index (χ3n) is 9.18. The number of para-hydroxylation sites is 2. The number of hydrogen-bond donors (Lipinski definition) is 0. The van der Waals surface area contributed by atoms with Gasteiger partial charge in [0.1, 0.15) is 0 Å². The second-order valence-corrected chi connectivity index (χ2v) is 11.7. The molecule has 1 aliphatic heterocycles. The second kappa shape index (κ2) is 8.69. The standard InChI is InChI=1S/C39H31N/c1-39(2)35-21-10-8-17-30(35)31-24-23-26(25-36(31)39)28-15-6-7-16-29(28)33-19-12-20-34-32-18-9-11-22-37(32)40(38(33)34)27-13-4-3-5-14-27/h3-17,19-25,32H,18H2,1-2H3. The highest BCUT2D eigenvalue weighted by Gasteiger charge is 2.38. The van der Waals surface area contributed by atoms with Crippen LogP contribution in [0.15, 0.2) is 139 Å². The smallest absolute Gasteiger partial charge is 0.0576 e. The molecule has 0 radical (unpaired) electrons. The Kier molecular flexibility index (Phi) is 5.06. The summed E-state index contributed by atoms with van der Waals surface area (Å²) in [6.45, 7) is 4.72. The lowest BCUT2D eigenvalue weighted by atomic mass is 9.81. The molecule has 0 saturated heterocycles. The van der Waals surface area contributed by atoms with Gasteiger partial charge in [-0.15, -0.1) is 0 Å². The summed E-state index contributed by atoms with van der Waals surface area (Å²) in [5.74, 6) is 0.381. The number of allylic oxidation sites excluding steroid dienone is 4. The van der Waals surface area contributed by atoms with Crippen LogP contribution in [0.1, 0.15) is 42.9 Å². The van der Waals surface area contributed by atoms with Crippen molar-refractivity contribution >= 4 is 11.4 Å². The van der Waals surface area contributed by atoms with E-state index in [-0.39, 0.29) is 5.41 Å². The Morgan fingerprint density at radius 3 is 2.17 bits per heavy atom. The molecule has 0 aromatic heterocycles. The highest BCUT2D eigenvalue weighted by atomic mass is 15.2. The SMILES string of the molecule is CC1(C)c2ccccc2-c2ccc(-c3ccccc3-c3cccc4c3N(c3ccccc3)C3=CC=CCC34)cc21. The minimum atomic E-state index is -0.0237. The number of nitrogens with zero attached hydrogens (tertiary/aromatic N) is 1. The third-order valence-corrected chi connectivity index (χ3v) is 9.18. The summed E-state index contributed by atoms with van der Waals surface area (Å²) < 4.78 is 0. The van der Waals surface area contributed by atoms with Crippen molar-refractivity contribution in [2.45, 2.75) is 31.6 Å². The van der Waals surface area contributed by atoms with Crippen molar-refractivity contribution in [3.05, 3.63) is 156 Å². The summed E-state index contributed by atoms with van der Waals surface area (Å²) in [4.78, 5) is 2.50. The molecule has 40 heavy (non-hydrogen) atoms. The van der Waals surface area contributed by atoms with Crippen LogP contribution >= 0.6 is 0 Å². The summed E-state index contributed by atoms with van der Waals surface area (Å²) in [6, 6.07) is 42.7. The van der Waals surface area contributed by atoms with Gasteiger partial charge in [-0.1, -0.05) is 123 Å². The van der Waals surface area contributed by atoms with E-state index in [0.717, 1.165) is 6.42 Å². The van der Waals surface area contributed by atoms with Gasteiger partial charge in [-0.05, 0) is 75.2 Å². The summed E-state index contributed by atoms with van der Waals surface area (Å²) in [5.41, 5.74) is 16.0. The molecule has 1 atom stereocenters. The lowest BCUT2D eigenvalue weighted by molar-refractivity contribution is 0.660. The molecule has 0 saturated carbocycles. The fourth-order valence-corrected chi connectivity index (χ4v) is 7.27. The van der Waals surface area contributed by atoms with E-state index in [9.17, 15) is 0 Å². The van der Waals surface area contributed by atoms with Crippen molar-refractivity contribution < 1.29 is 0 Å². The first-order valence-corrected chi connectivity index (χ1v) is 14.3. The van der Waals surface area contributed by atoms with Crippen LogP contribution < -0.4 is 4.90 Å². The van der Waals surface area contributed by atoms with E-state index in [2.05, 4.69) is 152 Å². The van der Waals surface area contributed by atoms with Crippen molar-refractivity contribution in [1.29, 1.82) is 0 Å². The summed E-state index contributed by atoms with van der Waals surface area (Å²) in [6.07, 6.45) is 7.85. The Balaban J connectivity index is 1.32. The lowest BCUT2D eigenvalue weighted by Gasteiger charge is -2.26. The zero-order chi connectivity index (χ0) is 26.8. The zero-order valence-corrected chi connectivity index (χ0v) is 22.9. The number of fused-ring (bicyclic) bond motifs is 6. The number of hydrogen-bond acceptors (Lipinski definition) is 1. The normalized spacial score (nSPS) is 17.6. The maximum absolute atomic E-state index is 2.50. The molecule has 3 aliphatic rings. The van der Waals surface area contributed by atoms with Gasteiger partial charge >= 0.3 is 0 Å². The van der Waals surface area contributed by atoms with Gasteiger partial charge in [0.2, 0.25) is 0 Å². The Morgan fingerprint density at radius 1 is 0.625 bits per heavy atom. The van der Waals surface area contributed by atoms with Gasteiger partial charge in [0.15, 0.2) is 0 Å². The van der Waals surface area contributed by atoms with Crippen molar-refractivity contribution in [2.75, 3.05) is 4.90 Å². The zero-order valence-electron chi connectivity index (χ0n) is 22.9. The molecule has 5 aromatic rings. The molecule has 0 spiro atoms. The Hall–Kier alpha value is -4.62. The lowest BCUT2D eigenvalue weighted by Crippen LogP contribution is -2.15. The quantitative estimate of drug-likeness (QED) is 0.232. The minimum absolute atomic E-state index is 0.0237. The number of anilines is 2. The fraction of sp³-hybridized carbons (Fsp3) is 0.128. The average Bonchev–Trinajstić information content (AvgIpc) is 3.47. The molecular weight excluding hydrogens is 482 g/mol. The highest BCUT2D eigenvalue weighted by Crippen LogP contribution is 2.55. The molecule has 2 aliphatic carbocycles. The Morgan fingerprint density at radius 2 is 1.32 bits per heavy atom. The van der Waals surface area contributed by atoms with Crippen molar-refractivity contribution in [3.63, 3.8) is 0 Å². The molecule has 0 amide bonds. The van der Waals surface area contributed by atoms with Crippen LogP contribution in [0.4, 0.5) is 11.4 Å². The molecule has 0 bridgehead atoms. The van der Waals surface area contributed by atoms with Crippen LogP contribution in [0.2, 0.25) is 0 Å². The van der Waals surface area contributed by atoms with Gasteiger partial charge < -0.3 is 4.90 Å². The highest BCUT2D eigenvalue weighted by molar-refractivity contribution is 5.96. The van der Waals surface area contributed by atoms with Crippen molar-refractivity contribution in [1.82, 2.24) is 0 Å². The van der Waals surface area contributed by atoms with Gasteiger partial charge in [-0.25, -0.2) is 0 Å². The molecule has 0 fully saturated rings. The molecule has 0 N–H and O–H groups in total. The molecule has 1 unspecified atom stereocenters. The molecule has 8 rings (SSSR count). The molecule has 5 aromatic carbocycles. The fourth-order valence-electron chi connectivity index (χ4n) is 7.27. The third kappa shape index (κ3) is 3.27. The second-order valence-electron chi connectivity index (χ2n) is 11.7. The maximum Gasteiger partial charge on any atom is 0.0576 e. The summed E-state index contributed by atoms with van der Waals surface area (Å²) >= 11 is 0. The van der Waals surface area contributed by atoms with E-state index in [1.165, 1.54) is 67.1 Å². The van der Waals surface area contributed by atoms with Gasteiger partial charge in [-0.3, -0.25) is 0 Å². The molecular formula is C39H31N. The van der Waals surface area contributed by atoms with Gasteiger partial charge in [0.25, 0.3) is 0 Å². The first-order valence-electron chi connectivity index (χ1n) is 14.3. The van der Waals surface area contributed by atoms with Crippen LogP contribution in [-0.2, 0) is 5.41 Å². The first kappa shape index (κ1) is 23.3. The first-order chi connectivity index (χ1) is 19.6. The topological polar surface area (TPSA) is 3.24 Å². The van der Waals surface area contributed by atoms with E-state index in [1.807, 2.05) is 0 Å². The van der Waals surface area contributed by atoms with E-state index >= 15 is 0 Å². The predicted molar refractivity (Wildman–Crippen MR) is 168 cm³/mol. The van der Waals surface area contributed by atoms with E-state index < -0.39 is 0 Å². The monoisotopic (exact) mass is 513 g/mol. The van der Waals surface area contributed by atoms with E-state index in [4.69, 9.17) is 0 Å². The molecule has 1 heteroatoms. The van der Waals surface area contributed by atoms with Gasteiger partial charge in [0, 0.05) is 28.3 Å². The number of rotatable bonds is 3. The number of benzene rings is 5. The van der Waals surface area contributed by atoms with Crippen molar-refractivity contribution in [2.24, 2.45) is 0 Å². The van der Waals surface area contributed by atoms with Crippen LogP contribution in [0.3, 0.4) is 0 Å². The predicted octanol–water partition coefficient (Wildman–Crippen LogP) is 10.4. The maximum atomic E-state index is 2.50. The minimum Gasteiger partial charge on any atom is -0.313 e. The average molecular weight is 514 g/mol. The summed E-state index contributed by atoms with van der Waals surface area (Å²) in [5, 5.41) is 0. The van der Waals surface area contributed by atoms with Crippen LogP contribution in [-0.4, -0.2) is 0 Å². The van der Waals surface area contributed by atoms with Crippen LogP contribution in [0.25, 0.3) is 33.4 Å². The molecule has 192 valence electrons. The van der Waals surface area contributed by atoms with Crippen molar-refractivity contribution in [3.8, 4) is 33.4 Å².